The maximum atomic E-state index is 13.6. The van der Waals surface area contributed by atoms with Gasteiger partial charge in [-0.15, -0.1) is 0 Å². The molecule has 0 atom stereocenters. The van der Waals surface area contributed by atoms with Crippen LogP contribution in [0.2, 0.25) is 0 Å². The minimum absolute atomic E-state index is 0.165. The standard InChI is InChI=1S/C20H23FN2O2/c1-20(2,13-25-12-15-6-3-4-8-17(15)21)23-19(24)16-10-14-7-5-9-18(14)22-11-16/h3-4,6,8,10-11H,5,7,9,12-13H2,1-2H3,(H,23,24). The third-order valence-corrected chi connectivity index (χ3v) is 4.31. The van der Waals surface area contributed by atoms with Gasteiger partial charge in [0, 0.05) is 17.5 Å². The smallest absolute Gasteiger partial charge is 0.253 e. The topological polar surface area (TPSA) is 51.2 Å². The minimum Gasteiger partial charge on any atom is -0.374 e. The second-order valence-electron chi connectivity index (χ2n) is 7.11. The highest BCUT2D eigenvalue weighted by Gasteiger charge is 2.23. The largest absolute Gasteiger partial charge is 0.374 e. The summed E-state index contributed by atoms with van der Waals surface area (Å²) in [7, 11) is 0. The highest BCUT2D eigenvalue weighted by atomic mass is 19.1. The highest BCUT2D eigenvalue weighted by Crippen LogP contribution is 2.20. The number of carbonyl (C=O) groups excluding carboxylic acids is 1. The van der Waals surface area contributed by atoms with E-state index in [-0.39, 0.29) is 24.9 Å². The Balaban J connectivity index is 1.55. The number of pyridine rings is 1. The lowest BCUT2D eigenvalue weighted by molar-refractivity contribution is 0.0606. The lowest BCUT2D eigenvalue weighted by atomic mass is 10.1. The number of hydrogen-bond donors (Lipinski definition) is 1. The SMILES string of the molecule is CC(C)(COCc1ccccc1F)NC(=O)c1cnc2c(c1)CCC2. The van der Waals surface area contributed by atoms with Gasteiger partial charge in [-0.25, -0.2) is 4.39 Å². The summed E-state index contributed by atoms with van der Waals surface area (Å²) in [6.45, 7) is 4.22. The summed E-state index contributed by atoms with van der Waals surface area (Å²) >= 11 is 0. The third-order valence-electron chi connectivity index (χ3n) is 4.31. The number of nitrogens with zero attached hydrogens (tertiary/aromatic N) is 1. The van der Waals surface area contributed by atoms with Gasteiger partial charge in [-0.1, -0.05) is 18.2 Å². The van der Waals surface area contributed by atoms with Gasteiger partial charge in [0.2, 0.25) is 0 Å². The number of ether oxygens (including phenoxy) is 1. The van der Waals surface area contributed by atoms with Crippen LogP contribution in [0.4, 0.5) is 4.39 Å². The highest BCUT2D eigenvalue weighted by molar-refractivity contribution is 5.94. The average Bonchev–Trinajstić information content (AvgIpc) is 3.03. The van der Waals surface area contributed by atoms with Gasteiger partial charge in [0.15, 0.2) is 0 Å². The molecule has 0 spiro atoms. The van der Waals surface area contributed by atoms with Crippen molar-refractivity contribution in [3.63, 3.8) is 0 Å². The molecule has 0 saturated carbocycles. The Kier molecular flexibility index (Phi) is 5.13. The van der Waals surface area contributed by atoms with Crippen molar-refractivity contribution in [3.8, 4) is 0 Å². The number of halogens is 1. The van der Waals surface area contributed by atoms with Gasteiger partial charge >= 0.3 is 0 Å². The first-order valence-electron chi connectivity index (χ1n) is 8.56. The number of aromatic nitrogens is 1. The quantitative estimate of drug-likeness (QED) is 0.875. The summed E-state index contributed by atoms with van der Waals surface area (Å²) in [5.74, 6) is -0.449. The van der Waals surface area contributed by atoms with E-state index in [0.717, 1.165) is 25.0 Å². The average molecular weight is 342 g/mol. The summed E-state index contributed by atoms with van der Waals surface area (Å²) in [5.41, 5.74) is 2.78. The lowest BCUT2D eigenvalue weighted by Gasteiger charge is -2.26. The van der Waals surface area contributed by atoms with Gasteiger partial charge in [0.25, 0.3) is 5.91 Å². The first kappa shape index (κ1) is 17.5. The molecule has 1 aliphatic carbocycles. The molecule has 0 radical (unpaired) electrons. The zero-order chi connectivity index (χ0) is 17.9. The Bertz CT molecular complexity index is 774. The van der Waals surface area contributed by atoms with Crippen molar-refractivity contribution in [2.75, 3.05) is 6.61 Å². The van der Waals surface area contributed by atoms with Gasteiger partial charge in [0.05, 0.1) is 24.3 Å². The van der Waals surface area contributed by atoms with Crippen molar-refractivity contribution in [2.45, 2.75) is 45.3 Å². The number of rotatable bonds is 6. The molecule has 0 bridgehead atoms. The van der Waals surface area contributed by atoms with Crippen LogP contribution in [0.1, 0.15) is 47.4 Å². The molecular weight excluding hydrogens is 319 g/mol. The first-order chi connectivity index (χ1) is 11.9. The van der Waals surface area contributed by atoms with Crippen LogP contribution in [0.3, 0.4) is 0 Å². The third kappa shape index (κ3) is 4.42. The van der Waals surface area contributed by atoms with E-state index in [0.29, 0.717) is 11.1 Å². The number of benzene rings is 1. The molecular formula is C20H23FN2O2. The molecule has 4 nitrogen and oxygen atoms in total. The summed E-state index contributed by atoms with van der Waals surface area (Å²) in [6, 6.07) is 8.45. The van der Waals surface area contributed by atoms with E-state index in [9.17, 15) is 9.18 Å². The van der Waals surface area contributed by atoms with Gasteiger partial charge in [-0.3, -0.25) is 9.78 Å². The Morgan fingerprint density at radius 3 is 2.92 bits per heavy atom. The molecule has 25 heavy (non-hydrogen) atoms. The molecule has 1 aromatic heterocycles. The summed E-state index contributed by atoms with van der Waals surface area (Å²) in [6.07, 6.45) is 4.71. The van der Waals surface area contributed by atoms with Crippen LogP contribution in [0.25, 0.3) is 0 Å². The molecule has 1 heterocycles. The van der Waals surface area contributed by atoms with Crippen molar-refractivity contribution in [1.29, 1.82) is 0 Å². The zero-order valence-corrected chi connectivity index (χ0v) is 14.6. The van der Waals surface area contributed by atoms with Gasteiger partial charge in [-0.05, 0) is 50.8 Å². The Morgan fingerprint density at radius 1 is 1.32 bits per heavy atom. The molecule has 132 valence electrons. The maximum absolute atomic E-state index is 13.6. The van der Waals surface area contributed by atoms with E-state index in [1.165, 1.54) is 11.6 Å². The van der Waals surface area contributed by atoms with E-state index < -0.39 is 5.54 Å². The van der Waals surface area contributed by atoms with E-state index in [4.69, 9.17) is 4.74 Å². The van der Waals surface area contributed by atoms with E-state index in [2.05, 4.69) is 10.3 Å². The van der Waals surface area contributed by atoms with Gasteiger partial charge in [-0.2, -0.15) is 0 Å². The first-order valence-corrected chi connectivity index (χ1v) is 8.56. The predicted octanol–water partition coefficient (Wildman–Crippen LogP) is 3.43. The number of aryl methyl sites for hydroxylation is 2. The van der Waals surface area contributed by atoms with Crippen LogP contribution in [0, 0.1) is 5.82 Å². The molecule has 2 aromatic rings. The Morgan fingerprint density at radius 2 is 2.12 bits per heavy atom. The Labute approximate surface area is 147 Å². The molecule has 1 N–H and O–H groups in total. The molecule has 3 rings (SSSR count). The number of amides is 1. The van der Waals surface area contributed by atoms with Crippen molar-refractivity contribution in [2.24, 2.45) is 0 Å². The van der Waals surface area contributed by atoms with Crippen LogP contribution in [-0.4, -0.2) is 23.0 Å². The van der Waals surface area contributed by atoms with Crippen LogP contribution < -0.4 is 5.32 Å². The maximum Gasteiger partial charge on any atom is 0.253 e. The molecule has 1 amide bonds. The van der Waals surface area contributed by atoms with Crippen molar-refractivity contribution < 1.29 is 13.9 Å². The second-order valence-corrected chi connectivity index (χ2v) is 7.11. The molecule has 5 heteroatoms. The predicted molar refractivity (Wildman–Crippen MR) is 93.9 cm³/mol. The van der Waals surface area contributed by atoms with Crippen molar-refractivity contribution in [1.82, 2.24) is 10.3 Å². The minimum atomic E-state index is -0.568. The normalized spacial score (nSPS) is 13.6. The monoisotopic (exact) mass is 342 g/mol. The van der Waals surface area contributed by atoms with E-state index >= 15 is 0 Å². The molecule has 0 saturated heterocycles. The van der Waals surface area contributed by atoms with Crippen LogP contribution >= 0.6 is 0 Å². The van der Waals surface area contributed by atoms with Gasteiger partial charge < -0.3 is 10.1 Å². The van der Waals surface area contributed by atoms with Crippen LogP contribution in [0.5, 0.6) is 0 Å². The molecule has 1 aromatic carbocycles. The fourth-order valence-electron chi connectivity index (χ4n) is 3.00. The summed E-state index contributed by atoms with van der Waals surface area (Å²) in [4.78, 5) is 16.9. The second kappa shape index (κ2) is 7.31. The fraction of sp³-hybridized carbons (Fsp3) is 0.400. The number of fused-ring (bicyclic) bond motifs is 1. The van der Waals surface area contributed by atoms with E-state index in [1.54, 1.807) is 24.4 Å². The van der Waals surface area contributed by atoms with Gasteiger partial charge in [0.1, 0.15) is 5.82 Å². The number of hydrogen-bond acceptors (Lipinski definition) is 3. The number of carbonyl (C=O) groups is 1. The van der Waals surface area contributed by atoms with E-state index in [1.807, 2.05) is 19.9 Å². The molecule has 0 unspecified atom stereocenters. The molecule has 1 aliphatic rings. The van der Waals surface area contributed by atoms with Crippen LogP contribution in [0.15, 0.2) is 36.5 Å². The number of nitrogens with one attached hydrogen (secondary N) is 1. The Hall–Kier alpha value is -2.27. The zero-order valence-electron chi connectivity index (χ0n) is 14.6. The summed E-state index contributed by atoms with van der Waals surface area (Å²) in [5, 5.41) is 2.97. The van der Waals surface area contributed by atoms with Crippen LogP contribution in [-0.2, 0) is 24.2 Å². The molecule has 0 aliphatic heterocycles. The molecule has 0 fully saturated rings. The van der Waals surface area contributed by atoms with Crippen molar-refractivity contribution in [3.05, 3.63) is 64.7 Å². The summed E-state index contributed by atoms with van der Waals surface area (Å²) < 4.78 is 19.2. The van der Waals surface area contributed by atoms with Crippen molar-refractivity contribution >= 4 is 5.91 Å². The fourth-order valence-corrected chi connectivity index (χ4v) is 3.00. The lowest BCUT2D eigenvalue weighted by Crippen LogP contribution is -2.47.